The molecule has 2 amide bonds. The number of rotatable bonds is 6. The van der Waals surface area contributed by atoms with Gasteiger partial charge in [0.2, 0.25) is 11.8 Å². The van der Waals surface area contributed by atoms with E-state index in [0.717, 1.165) is 17.7 Å². The van der Waals surface area contributed by atoms with Crippen molar-refractivity contribution < 1.29 is 14.0 Å². The lowest BCUT2D eigenvalue weighted by molar-refractivity contribution is -0.115. The van der Waals surface area contributed by atoms with Gasteiger partial charge in [-0.15, -0.1) is 0 Å². The van der Waals surface area contributed by atoms with Crippen molar-refractivity contribution in [3.63, 3.8) is 0 Å². The third kappa shape index (κ3) is 4.81. The monoisotopic (exact) mass is 329 g/mol. The second-order valence-corrected chi connectivity index (χ2v) is 5.29. The summed E-state index contributed by atoms with van der Waals surface area (Å²) in [7, 11) is 0. The number of aryl methyl sites for hydroxylation is 1. The van der Waals surface area contributed by atoms with Gasteiger partial charge in [0.1, 0.15) is 5.82 Å². The molecular formula is C18H20FN3O2. The highest BCUT2D eigenvalue weighted by atomic mass is 19.1. The summed E-state index contributed by atoms with van der Waals surface area (Å²) in [6, 6.07) is 11.7. The molecule has 0 fully saturated rings. The largest absolute Gasteiger partial charge is 0.374 e. The highest BCUT2D eigenvalue weighted by Gasteiger charge is 2.08. The lowest BCUT2D eigenvalue weighted by atomic mass is 10.1. The van der Waals surface area contributed by atoms with Gasteiger partial charge in [0, 0.05) is 18.3 Å². The number of hydrogen-bond donors (Lipinski definition) is 3. The first-order valence-corrected chi connectivity index (χ1v) is 7.68. The molecule has 0 aliphatic heterocycles. The molecule has 0 aromatic heterocycles. The predicted octanol–water partition coefficient (Wildman–Crippen LogP) is 3.40. The summed E-state index contributed by atoms with van der Waals surface area (Å²) >= 11 is 0. The van der Waals surface area contributed by atoms with Crippen LogP contribution < -0.4 is 16.0 Å². The zero-order chi connectivity index (χ0) is 17.5. The van der Waals surface area contributed by atoms with E-state index < -0.39 is 5.82 Å². The van der Waals surface area contributed by atoms with E-state index in [9.17, 15) is 14.0 Å². The lowest BCUT2D eigenvalue weighted by Gasteiger charge is -2.12. The summed E-state index contributed by atoms with van der Waals surface area (Å²) in [4.78, 5) is 23.1. The average Bonchev–Trinajstić information content (AvgIpc) is 2.55. The molecule has 5 nitrogen and oxygen atoms in total. The van der Waals surface area contributed by atoms with Crippen LogP contribution in [0.4, 0.5) is 21.5 Å². The fourth-order valence-corrected chi connectivity index (χ4v) is 2.26. The second kappa shape index (κ2) is 8.10. The molecule has 0 radical (unpaired) electrons. The van der Waals surface area contributed by atoms with E-state index in [1.165, 1.54) is 25.1 Å². The first-order valence-electron chi connectivity index (χ1n) is 7.68. The second-order valence-electron chi connectivity index (χ2n) is 5.29. The molecule has 0 saturated heterocycles. The predicted molar refractivity (Wildman–Crippen MR) is 93.6 cm³/mol. The number of nitrogens with one attached hydrogen (secondary N) is 3. The molecule has 0 spiro atoms. The van der Waals surface area contributed by atoms with Crippen molar-refractivity contribution in [2.75, 3.05) is 22.5 Å². The van der Waals surface area contributed by atoms with Gasteiger partial charge in [-0.05, 0) is 36.2 Å². The first-order chi connectivity index (χ1) is 11.5. The molecule has 0 aliphatic carbocycles. The SMILES string of the molecule is CCc1ccccc1NC(=O)CNc1cc(NC(C)=O)ccc1F. The summed E-state index contributed by atoms with van der Waals surface area (Å²) in [6.07, 6.45) is 0.803. The number of amides is 2. The minimum Gasteiger partial charge on any atom is -0.374 e. The number of carbonyl (C=O) groups excluding carboxylic acids is 2. The van der Waals surface area contributed by atoms with E-state index >= 15 is 0 Å². The van der Waals surface area contributed by atoms with Gasteiger partial charge in [-0.3, -0.25) is 9.59 Å². The van der Waals surface area contributed by atoms with Crippen molar-refractivity contribution in [3.05, 3.63) is 53.8 Å². The van der Waals surface area contributed by atoms with E-state index in [1.54, 1.807) is 0 Å². The fourth-order valence-electron chi connectivity index (χ4n) is 2.26. The Morgan fingerprint density at radius 2 is 1.79 bits per heavy atom. The van der Waals surface area contributed by atoms with Gasteiger partial charge >= 0.3 is 0 Å². The van der Waals surface area contributed by atoms with Crippen molar-refractivity contribution in [3.8, 4) is 0 Å². The van der Waals surface area contributed by atoms with Crippen molar-refractivity contribution in [1.82, 2.24) is 0 Å². The third-order valence-corrected chi connectivity index (χ3v) is 3.40. The number of hydrogen-bond acceptors (Lipinski definition) is 3. The Balaban J connectivity index is 2.00. The van der Waals surface area contributed by atoms with Crippen LogP contribution in [0, 0.1) is 5.82 Å². The maximum Gasteiger partial charge on any atom is 0.243 e. The molecule has 6 heteroatoms. The zero-order valence-corrected chi connectivity index (χ0v) is 13.7. The van der Waals surface area contributed by atoms with E-state index in [2.05, 4.69) is 16.0 Å². The quantitative estimate of drug-likeness (QED) is 0.761. The highest BCUT2D eigenvalue weighted by Crippen LogP contribution is 2.20. The van der Waals surface area contributed by atoms with Crippen LogP contribution in [-0.4, -0.2) is 18.4 Å². The molecule has 0 bridgehead atoms. The highest BCUT2D eigenvalue weighted by molar-refractivity contribution is 5.94. The first kappa shape index (κ1) is 17.5. The molecule has 0 saturated carbocycles. The molecule has 0 aliphatic rings. The Morgan fingerprint density at radius 3 is 2.50 bits per heavy atom. The Labute approximate surface area is 140 Å². The van der Waals surface area contributed by atoms with Crippen LogP contribution in [0.1, 0.15) is 19.4 Å². The molecule has 0 heterocycles. The third-order valence-electron chi connectivity index (χ3n) is 3.40. The molecule has 24 heavy (non-hydrogen) atoms. The zero-order valence-electron chi connectivity index (χ0n) is 13.7. The lowest BCUT2D eigenvalue weighted by Crippen LogP contribution is -2.22. The van der Waals surface area contributed by atoms with Crippen LogP contribution >= 0.6 is 0 Å². The van der Waals surface area contributed by atoms with Crippen molar-refractivity contribution in [2.24, 2.45) is 0 Å². The summed E-state index contributed by atoms with van der Waals surface area (Å²) in [6.45, 7) is 3.29. The van der Waals surface area contributed by atoms with Crippen molar-refractivity contribution in [1.29, 1.82) is 0 Å². The van der Waals surface area contributed by atoms with E-state index in [0.29, 0.717) is 5.69 Å². The van der Waals surface area contributed by atoms with Crippen LogP contribution in [-0.2, 0) is 16.0 Å². The Hall–Kier alpha value is -2.89. The molecule has 3 N–H and O–H groups in total. The Bertz CT molecular complexity index is 747. The smallest absolute Gasteiger partial charge is 0.243 e. The Morgan fingerprint density at radius 1 is 1.04 bits per heavy atom. The van der Waals surface area contributed by atoms with Crippen LogP contribution in [0.5, 0.6) is 0 Å². The van der Waals surface area contributed by atoms with E-state index in [4.69, 9.17) is 0 Å². The summed E-state index contributed by atoms with van der Waals surface area (Å²) in [5.41, 5.74) is 2.40. The summed E-state index contributed by atoms with van der Waals surface area (Å²) in [5, 5.41) is 8.12. The van der Waals surface area contributed by atoms with Gasteiger partial charge in [-0.1, -0.05) is 25.1 Å². The fraction of sp³-hybridized carbons (Fsp3) is 0.222. The van der Waals surface area contributed by atoms with Gasteiger partial charge < -0.3 is 16.0 Å². The topological polar surface area (TPSA) is 70.2 Å². The van der Waals surface area contributed by atoms with Gasteiger partial charge in [0.15, 0.2) is 0 Å². The van der Waals surface area contributed by atoms with Crippen LogP contribution in [0.15, 0.2) is 42.5 Å². The summed E-state index contributed by atoms with van der Waals surface area (Å²) < 4.78 is 13.8. The van der Waals surface area contributed by atoms with Gasteiger partial charge in [-0.25, -0.2) is 4.39 Å². The molecule has 2 rings (SSSR count). The molecule has 2 aromatic rings. The number of para-hydroxylation sites is 1. The molecular weight excluding hydrogens is 309 g/mol. The van der Waals surface area contributed by atoms with Crippen LogP contribution in [0.2, 0.25) is 0 Å². The van der Waals surface area contributed by atoms with Crippen molar-refractivity contribution >= 4 is 28.9 Å². The number of halogens is 1. The molecule has 126 valence electrons. The normalized spacial score (nSPS) is 10.1. The average molecular weight is 329 g/mol. The van der Waals surface area contributed by atoms with Crippen molar-refractivity contribution in [2.45, 2.75) is 20.3 Å². The molecule has 0 unspecified atom stereocenters. The molecule has 2 aromatic carbocycles. The maximum atomic E-state index is 13.8. The molecule has 0 atom stereocenters. The van der Waals surface area contributed by atoms with E-state index in [1.807, 2.05) is 31.2 Å². The van der Waals surface area contributed by atoms with Crippen LogP contribution in [0.3, 0.4) is 0 Å². The number of anilines is 3. The van der Waals surface area contributed by atoms with Gasteiger partial charge in [0.25, 0.3) is 0 Å². The minimum atomic E-state index is -0.495. The maximum absolute atomic E-state index is 13.8. The summed E-state index contributed by atoms with van der Waals surface area (Å²) in [5.74, 6) is -1.02. The number of carbonyl (C=O) groups is 2. The number of benzene rings is 2. The van der Waals surface area contributed by atoms with Gasteiger partial charge in [0.05, 0.1) is 12.2 Å². The van der Waals surface area contributed by atoms with Gasteiger partial charge in [-0.2, -0.15) is 0 Å². The minimum absolute atomic E-state index is 0.0848. The Kier molecular flexibility index (Phi) is 5.89. The standard InChI is InChI=1S/C18H20FN3O2/c1-3-13-6-4-5-7-16(13)22-18(24)11-20-17-10-14(21-12(2)23)8-9-15(17)19/h4-10,20H,3,11H2,1-2H3,(H,21,23)(H,22,24). The van der Waals surface area contributed by atoms with Crippen LogP contribution in [0.25, 0.3) is 0 Å². The van der Waals surface area contributed by atoms with E-state index in [-0.39, 0.29) is 24.0 Å².